The van der Waals surface area contributed by atoms with Gasteiger partial charge in [-0.3, -0.25) is 0 Å². The highest BCUT2D eigenvalue weighted by Gasteiger charge is 2.32. The standard InChI is InChI=1S/C14H20FNO2/c1-10(2)8-9-14(3,13(17)18)16-12-6-4-11(15)5-7-12/h4-7,10,16H,8-9H2,1-3H3,(H,17,18). The first-order valence-electron chi connectivity index (χ1n) is 6.10. The average Bonchev–Trinajstić information content (AvgIpc) is 2.29. The number of carbonyl (C=O) groups is 1. The molecule has 1 aromatic rings. The second-order valence-corrected chi connectivity index (χ2v) is 5.20. The molecule has 1 rings (SSSR count). The molecule has 0 spiro atoms. The molecular weight excluding hydrogens is 233 g/mol. The molecule has 1 atom stereocenters. The van der Waals surface area contributed by atoms with E-state index in [0.29, 0.717) is 18.0 Å². The predicted octanol–water partition coefficient (Wildman–Crippen LogP) is 3.52. The van der Waals surface area contributed by atoms with Gasteiger partial charge >= 0.3 is 5.97 Å². The van der Waals surface area contributed by atoms with Crippen molar-refractivity contribution < 1.29 is 14.3 Å². The van der Waals surface area contributed by atoms with Gasteiger partial charge in [0.2, 0.25) is 0 Å². The fourth-order valence-electron chi connectivity index (χ4n) is 1.65. The Morgan fingerprint density at radius 3 is 2.39 bits per heavy atom. The van der Waals surface area contributed by atoms with Crippen LogP contribution in [-0.4, -0.2) is 16.6 Å². The third-order valence-corrected chi connectivity index (χ3v) is 2.96. The quantitative estimate of drug-likeness (QED) is 0.815. The summed E-state index contributed by atoms with van der Waals surface area (Å²) >= 11 is 0. The SMILES string of the molecule is CC(C)CCC(C)(Nc1ccc(F)cc1)C(=O)O. The van der Waals surface area contributed by atoms with Crippen LogP contribution < -0.4 is 5.32 Å². The Morgan fingerprint density at radius 1 is 1.39 bits per heavy atom. The van der Waals surface area contributed by atoms with Gasteiger partial charge in [-0.15, -0.1) is 0 Å². The molecule has 0 amide bonds. The number of carboxylic acids is 1. The van der Waals surface area contributed by atoms with Crippen molar-refractivity contribution in [1.29, 1.82) is 0 Å². The Balaban J connectivity index is 2.79. The number of hydrogen-bond donors (Lipinski definition) is 2. The monoisotopic (exact) mass is 253 g/mol. The largest absolute Gasteiger partial charge is 0.480 e. The molecule has 18 heavy (non-hydrogen) atoms. The number of nitrogens with one attached hydrogen (secondary N) is 1. The van der Waals surface area contributed by atoms with Crippen LogP contribution in [0, 0.1) is 11.7 Å². The van der Waals surface area contributed by atoms with Gasteiger partial charge in [-0.1, -0.05) is 13.8 Å². The number of halogens is 1. The van der Waals surface area contributed by atoms with Gasteiger partial charge in [-0.25, -0.2) is 9.18 Å². The second kappa shape index (κ2) is 5.85. The van der Waals surface area contributed by atoms with Crippen molar-refractivity contribution in [3.8, 4) is 0 Å². The first kappa shape index (κ1) is 14.5. The van der Waals surface area contributed by atoms with Crippen molar-refractivity contribution in [1.82, 2.24) is 0 Å². The molecule has 0 radical (unpaired) electrons. The summed E-state index contributed by atoms with van der Waals surface area (Å²) in [6, 6.07) is 5.72. The van der Waals surface area contributed by atoms with E-state index >= 15 is 0 Å². The topological polar surface area (TPSA) is 49.3 Å². The minimum atomic E-state index is -1.03. The summed E-state index contributed by atoms with van der Waals surface area (Å²) in [5.74, 6) is -0.786. The number of carboxylic acid groups (broad SMARTS) is 1. The zero-order valence-electron chi connectivity index (χ0n) is 11.0. The summed E-state index contributed by atoms with van der Waals surface area (Å²) in [5.41, 5.74) is -0.410. The molecule has 2 N–H and O–H groups in total. The third kappa shape index (κ3) is 4.02. The lowest BCUT2D eigenvalue weighted by molar-refractivity contribution is -0.142. The maximum Gasteiger partial charge on any atom is 0.329 e. The van der Waals surface area contributed by atoms with Gasteiger partial charge < -0.3 is 10.4 Å². The van der Waals surface area contributed by atoms with Gasteiger partial charge in [-0.2, -0.15) is 0 Å². The van der Waals surface area contributed by atoms with E-state index < -0.39 is 11.5 Å². The highest BCUT2D eigenvalue weighted by Crippen LogP contribution is 2.23. The first-order chi connectivity index (χ1) is 8.33. The smallest absolute Gasteiger partial charge is 0.329 e. The van der Waals surface area contributed by atoms with Crippen molar-refractivity contribution in [3.63, 3.8) is 0 Å². The molecule has 0 aliphatic rings. The maximum absolute atomic E-state index is 12.8. The number of benzene rings is 1. The van der Waals surface area contributed by atoms with E-state index in [1.165, 1.54) is 12.1 Å². The Labute approximate surface area is 107 Å². The van der Waals surface area contributed by atoms with E-state index in [1.807, 2.05) is 0 Å². The number of rotatable bonds is 6. The van der Waals surface area contributed by atoms with Gasteiger partial charge in [0, 0.05) is 5.69 Å². The summed E-state index contributed by atoms with van der Waals surface area (Å²) in [5, 5.41) is 12.3. The molecule has 0 aliphatic carbocycles. The zero-order chi connectivity index (χ0) is 13.8. The molecule has 0 aliphatic heterocycles. The molecule has 0 bridgehead atoms. The van der Waals surface area contributed by atoms with Gasteiger partial charge in [0.1, 0.15) is 11.4 Å². The number of hydrogen-bond acceptors (Lipinski definition) is 2. The molecule has 100 valence electrons. The minimum Gasteiger partial charge on any atom is -0.480 e. The van der Waals surface area contributed by atoms with Crippen LogP contribution in [0.4, 0.5) is 10.1 Å². The second-order valence-electron chi connectivity index (χ2n) is 5.20. The molecule has 0 fully saturated rings. The molecule has 0 aromatic heterocycles. The Kier molecular flexibility index (Phi) is 4.70. The lowest BCUT2D eigenvalue weighted by Crippen LogP contribution is -2.43. The van der Waals surface area contributed by atoms with E-state index in [0.717, 1.165) is 6.42 Å². The van der Waals surface area contributed by atoms with E-state index in [4.69, 9.17) is 0 Å². The van der Waals surface area contributed by atoms with Gasteiger partial charge in [0.15, 0.2) is 0 Å². The van der Waals surface area contributed by atoms with Crippen LogP contribution in [-0.2, 0) is 4.79 Å². The van der Waals surface area contributed by atoms with Crippen molar-refractivity contribution in [2.45, 2.75) is 39.2 Å². The van der Waals surface area contributed by atoms with E-state index in [9.17, 15) is 14.3 Å². The summed E-state index contributed by atoms with van der Waals surface area (Å²) in [4.78, 5) is 11.4. The van der Waals surface area contributed by atoms with Gasteiger partial charge in [0.25, 0.3) is 0 Å². The Hall–Kier alpha value is -1.58. The fourth-order valence-corrected chi connectivity index (χ4v) is 1.65. The predicted molar refractivity (Wildman–Crippen MR) is 70.1 cm³/mol. The normalized spacial score (nSPS) is 14.3. The van der Waals surface area contributed by atoms with Crippen LogP contribution in [0.2, 0.25) is 0 Å². The molecule has 4 heteroatoms. The van der Waals surface area contributed by atoms with Crippen LogP contribution in [0.3, 0.4) is 0 Å². The maximum atomic E-state index is 12.8. The zero-order valence-corrected chi connectivity index (χ0v) is 11.0. The van der Waals surface area contributed by atoms with Crippen LogP contribution in [0.5, 0.6) is 0 Å². The molecule has 0 heterocycles. The molecule has 0 saturated carbocycles. The van der Waals surface area contributed by atoms with Crippen LogP contribution in [0.15, 0.2) is 24.3 Å². The van der Waals surface area contributed by atoms with Gasteiger partial charge in [-0.05, 0) is 49.9 Å². The number of anilines is 1. The lowest BCUT2D eigenvalue weighted by atomic mass is 9.91. The molecule has 3 nitrogen and oxygen atoms in total. The molecular formula is C14H20FNO2. The van der Waals surface area contributed by atoms with E-state index in [-0.39, 0.29) is 5.82 Å². The lowest BCUT2D eigenvalue weighted by Gasteiger charge is -2.28. The number of aliphatic carboxylic acids is 1. The van der Waals surface area contributed by atoms with Crippen molar-refractivity contribution in [2.24, 2.45) is 5.92 Å². The minimum absolute atomic E-state index is 0.334. The van der Waals surface area contributed by atoms with E-state index in [1.54, 1.807) is 19.1 Å². The molecule has 1 aromatic carbocycles. The fraction of sp³-hybridized carbons (Fsp3) is 0.500. The molecule has 1 unspecified atom stereocenters. The van der Waals surface area contributed by atoms with E-state index in [2.05, 4.69) is 19.2 Å². The first-order valence-corrected chi connectivity index (χ1v) is 6.10. The van der Waals surface area contributed by atoms with Crippen molar-refractivity contribution in [3.05, 3.63) is 30.1 Å². The van der Waals surface area contributed by atoms with Crippen LogP contribution >= 0.6 is 0 Å². The Bertz CT molecular complexity index is 403. The van der Waals surface area contributed by atoms with Crippen molar-refractivity contribution >= 4 is 11.7 Å². The van der Waals surface area contributed by atoms with Crippen LogP contribution in [0.1, 0.15) is 33.6 Å². The third-order valence-electron chi connectivity index (χ3n) is 2.96. The highest BCUT2D eigenvalue weighted by molar-refractivity contribution is 5.82. The molecule has 0 saturated heterocycles. The summed E-state index contributed by atoms with van der Waals surface area (Å²) in [7, 11) is 0. The Morgan fingerprint density at radius 2 is 1.94 bits per heavy atom. The summed E-state index contributed by atoms with van der Waals surface area (Å²) in [6.45, 7) is 5.77. The van der Waals surface area contributed by atoms with Crippen molar-refractivity contribution in [2.75, 3.05) is 5.32 Å². The summed E-state index contributed by atoms with van der Waals surface area (Å²) in [6.07, 6.45) is 1.34. The average molecular weight is 253 g/mol. The highest BCUT2D eigenvalue weighted by atomic mass is 19.1. The van der Waals surface area contributed by atoms with Crippen LogP contribution in [0.25, 0.3) is 0 Å². The van der Waals surface area contributed by atoms with Gasteiger partial charge in [0.05, 0.1) is 0 Å². The summed E-state index contributed by atoms with van der Waals surface area (Å²) < 4.78 is 12.8.